The summed E-state index contributed by atoms with van der Waals surface area (Å²) in [6.45, 7) is 1.48. The quantitative estimate of drug-likeness (QED) is 0.360. The molecule has 2 atom stereocenters. The molecule has 1 saturated heterocycles. The molecule has 0 aromatic carbocycles. The second-order valence-electron chi connectivity index (χ2n) is 3.10. The van der Waals surface area contributed by atoms with E-state index in [9.17, 15) is 0 Å². The number of likely N-dealkylation sites (tertiary alicyclic amines) is 1. The number of hydrogen-bond acceptors (Lipinski definition) is 3. The fourth-order valence-corrected chi connectivity index (χ4v) is 1.54. The maximum absolute atomic E-state index is 8.14. The first kappa shape index (κ1) is 9.32. The van der Waals surface area contributed by atoms with Gasteiger partial charge < -0.3 is 9.64 Å². The van der Waals surface area contributed by atoms with Gasteiger partial charge in [-0.15, -0.1) is 0 Å². The van der Waals surface area contributed by atoms with Crippen molar-refractivity contribution in [2.75, 3.05) is 27.2 Å². The van der Waals surface area contributed by atoms with Gasteiger partial charge >= 0.3 is 0 Å². The third-order valence-electron chi connectivity index (χ3n) is 2.34. The Balaban J connectivity index is 2.40. The molecule has 5 nitrogen and oxygen atoms in total. The topological polar surface area (TPSA) is 61.2 Å². The van der Waals surface area contributed by atoms with Gasteiger partial charge in [-0.2, -0.15) is 0 Å². The van der Waals surface area contributed by atoms with Gasteiger partial charge in [0.1, 0.15) is 0 Å². The Kier molecular flexibility index (Phi) is 3.34. The van der Waals surface area contributed by atoms with Crippen molar-refractivity contribution in [1.82, 2.24) is 4.90 Å². The Labute approximate surface area is 71.9 Å². The van der Waals surface area contributed by atoms with Crippen molar-refractivity contribution in [3.8, 4) is 0 Å². The molecule has 1 fully saturated rings. The summed E-state index contributed by atoms with van der Waals surface area (Å²) < 4.78 is 5.22. The lowest BCUT2D eigenvalue weighted by Gasteiger charge is -2.15. The van der Waals surface area contributed by atoms with Crippen molar-refractivity contribution in [2.24, 2.45) is 5.11 Å². The van der Waals surface area contributed by atoms with Crippen molar-refractivity contribution >= 4 is 0 Å². The Morgan fingerprint density at radius 2 is 2.50 bits per heavy atom. The molecule has 68 valence electrons. The van der Waals surface area contributed by atoms with Crippen LogP contribution in [0.4, 0.5) is 0 Å². The first-order chi connectivity index (χ1) is 5.77. The zero-order chi connectivity index (χ0) is 8.97. The average Bonchev–Trinajstić information content (AvgIpc) is 2.43. The van der Waals surface area contributed by atoms with Crippen molar-refractivity contribution in [1.29, 1.82) is 0 Å². The number of nitrogens with zero attached hydrogens (tertiary/aromatic N) is 4. The van der Waals surface area contributed by atoms with E-state index in [4.69, 9.17) is 10.3 Å². The highest BCUT2D eigenvalue weighted by atomic mass is 16.5. The molecule has 1 unspecified atom stereocenters. The molecule has 1 aliphatic rings. The minimum atomic E-state index is 0.300. The molecule has 5 heteroatoms. The third-order valence-corrected chi connectivity index (χ3v) is 2.34. The predicted molar refractivity (Wildman–Crippen MR) is 45.8 cm³/mol. The smallest absolute Gasteiger partial charge is 0.0713 e. The summed E-state index contributed by atoms with van der Waals surface area (Å²) in [6, 6.07) is 0.353. The molecule has 0 aromatic rings. The summed E-state index contributed by atoms with van der Waals surface area (Å²) in [5.41, 5.74) is 8.14. The maximum Gasteiger partial charge on any atom is 0.0713 e. The SMILES string of the molecule is COC1C[C@@H](CN=[N+]=[N-])N(C)C1. The molecule has 0 radical (unpaired) electrons. The van der Waals surface area contributed by atoms with E-state index in [1.807, 2.05) is 7.05 Å². The summed E-state index contributed by atoms with van der Waals surface area (Å²) in [5.74, 6) is 0. The zero-order valence-electron chi connectivity index (χ0n) is 7.47. The van der Waals surface area contributed by atoms with E-state index in [0.717, 1.165) is 13.0 Å². The summed E-state index contributed by atoms with van der Waals surface area (Å²) in [6.07, 6.45) is 1.26. The molecule has 0 amide bonds. The van der Waals surface area contributed by atoms with E-state index < -0.39 is 0 Å². The average molecular weight is 170 g/mol. The molecule has 0 aliphatic carbocycles. The third kappa shape index (κ3) is 2.11. The summed E-state index contributed by atoms with van der Waals surface area (Å²) in [4.78, 5) is 4.91. The van der Waals surface area contributed by atoms with Gasteiger partial charge in [0.2, 0.25) is 0 Å². The van der Waals surface area contributed by atoms with Crippen molar-refractivity contribution < 1.29 is 4.74 Å². The fraction of sp³-hybridized carbons (Fsp3) is 1.00. The van der Waals surface area contributed by atoms with Crippen LogP contribution in [0.25, 0.3) is 10.4 Å². The highest BCUT2D eigenvalue weighted by Gasteiger charge is 2.28. The van der Waals surface area contributed by atoms with E-state index in [1.165, 1.54) is 0 Å². The van der Waals surface area contributed by atoms with Crippen LogP contribution in [0, 0.1) is 0 Å². The molecule has 0 bridgehead atoms. The number of ether oxygens (including phenoxy) is 1. The van der Waals surface area contributed by atoms with Crippen LogP contribution in [-0.4, -0.2) is 44.3 Å². The maximum atomic E-state index is 8.14. The Hall–Kier alpha value is -0.770. The van der Waals surface area contributed by atoms with Crippen molar-refractivity contribution in [2.45, 2.75) is 18.6 Å². The summed E-state index contributed by atoms with van der Waals surface area (Å²) in [5, 5.41) is 3.56. The molecule has 1 rings (SSSR count). The summed E-state index contributed by atoms with van der Waals surface area (Å²) >= 11 is 0. The van der Waals surface area contributed by atoms with Crippen LogP contribution in [0.15, 0.2) is 5.11 Å². The van der Waals surface area contributed by atoms with Gasteiger partial charge in [-0.3, -0.25) is 0 Å². The van der Waals surface area contributed by atoms with Crippen LogP contribution in [0.3, 0.4) is 0 Å². The monoisotopic (exact) mass is 170 g/mol. The molecule has 12 heavy (non-hydrogen) atoms. The Morgan fingerprint density at radius 1 is 1.75 bits per heavy atom. The van der Waals surface area contributed by atoms with E-state index in [0.29, 0.717) is 18.7 Å². The molecule has 0 saturated carbocycles. The van der Waals surface area contributed by atoms with Crippen LogP contribution < -0.4 is 0 Å². The number of rotatable bonds is 3. The number of likely N-dealkylation sites (N-methyl/N-ethyl adjacent to an activating group) is 1. The Bertz CT molecular complexity index is 190. The molecular weight excluding hydrogens is 156 g/mol. The molecule has 1 aliphatic heterocycles. The van der Waals surface area contributed by atoms with E-state index in [-0.39, 0.29) is 0 Å². The standard InChI is InChI=1S/C7H14N4O/c1-11-5-7(12-2)3-6(11)4-9-10-8/h6-7H,3-5H2,1-2H3/t6-,7?/m0/s1. The first-order valence-corrected chi connectivity index (χ1v) is 4.01. The second kappa shape index (κ2) is 4.30. The predicted octanol–water partition coefficient (Wildman–Crippen LogP) is 1.02. The number of hydrogen-bond donors (Lipinski definition) is 0. The van der Waals surface area contributed by atoms with Crippen molar-refractivity contribution in [3.05, 3.63) is 10.4 Å². The van der Waals surface area contributed by atoms with Gasteiger partial charge in [0.05, 0.1) is 6.10 Å². The molecular formula is C7H14N4O. The van der Waals surface area contributed by atoms with Crippen molar-refractivity contribution in [3.63, 3.8) is 0 Å². The number of azide groups is 1. The highest BCUT2D eigenvalue weighted by molar-refractivity contribution is 4.85. The number of methoxy groups -OCH3 is 1. The lowest BCUT2D eigenvalue weighted by atomic mass is 10.2. The van der Waals surface area contributed by atoms with E-state index >= 15 is 0 Å². The van der Waals surface area contributed by atoms with E-state index in [2.05, 4.69) is 14.9 Å². The summed E-state index contributed by atoms with van der Waals surface area (Å²) in [7, 11) is 3.74. The second-order valence-corrected chi connectivity index (χ2v) is 3.10. The molecule has 0 aromatic heterocycles. The normalized spacial score (nSPS) is 30.2. The molecule has 0 spiro atoms. The minimum absolute atomic E-state index is 0.300. The van der Waals surface area contributed by atoms with Gasteiger partial charge in [0.25, 0.3) is 0 Å². The van der Waals surface area contributed by atoms with Crippen LogP contribution in [0.2, 0.25) is 0 Å². The zero-order valence-corrected chi connectivity index (χ0v) is 7.47. The lowest BCUT2D eigenvalue weighted by molar-refractivity contribution is 0.111. The van der Waals surface area contributed by atoms with Gasteiger partial charge in [0, 0.05) is 31.2 Å². The lowest BCUT2D eigenvalue weighted by Crippen LogP contribution is -2.27. The minimum Gasteiger partial charge on any atom is -0.380 e. The largest absolute Gasteiger partial charge is 0.380 e. The van der Waals surface area contributed by atoms with Crippen LogP contribution in [0.5, 0.6) is 0 Å². The van der Waals surface area contributed by atoms with E-state index in [1.54, 1.807) is 7.11 Å². The first-order valence-electron chi connectivity index (χ1n) is 4.01. The van der Waals surface area contributed by atoms with Crippen LogP contribution >= 0.6 is 0 Å². The van der Waals surface area contributed by atoms with Gasteiger partial charge in [-0.25, -0.2) is 0 Å². The van der Waals surface area contributed by atoms with Crippen LogP contribution in [-0.2, 0) is 4.74 Å². The van der Waals surface area contributed by atoms with Gasteiger partial charge in [0.15, 0.2) is 0 Å². The molecule has 1 heterocycles. The van der Waals surface area contributed by atoms with Gasteiger partial charge in [-0.05, 0) is 19.0 Å². The fourth-order valence-electron chi connectivity index (χ4n) is 1.54. The molecule has 0 N–H and O–H groups in total. The highest BCUT2D eigenvalue weighted by Crippen LogP contribution is 2.17. The Morgan fingerprint density at radius 3 is 3.00 bits per heavy atom. The van der Waals surface area contributed by atoms with Crippen LogP contribution in [0.1, 0.15) is 6.42 Å². The van der Waals surface area contributed by atoms with Gasteiger partial charge in [-0.1, -0.05) is 5.11 Å².